The highest BCUT2D eigenvalue weighted by Gasteiger charge is 2.04. The molecule has 0 spiro atoms. The number of thiol groups is 1. The van der Waals surface area contributed by atoms with Crippen molar-refractivity contribution in [2.75, 3.05) is 0 Å². The van der Waals surface area contributed by atoms with Crippen LogP contribution in [-0.4, -0.2) is 5.71 Å². The third-order valence-electron chi connectivity index (χ3n) is 1.48. The minimum absolute atomic E-state index is 0.799. The second kappa shape index (κ2) is 3.99. The molecule has 12 heavy (non-hydrogen) atoms. The van der Waals surface area contributed by atoms with Gasteiger partial charge in [0.15, 0.2) is 0 Å². The van der Waals surface area contributed by atoms with Crippen LogP contribution in [-0.2, 0) is 0 Å². The molecule has 0 atom stereocenters. The maximum Gasteiger partial charge on any atom is 0.0817 e. The first-order chi connectivity index (χ1) is 5.75. The highest BCUT2D eigenvalue weighted by atomic mass is 32.1. The van der Waals surface area contributed by atoms with Gasteiger partial charge >= 0.3 is 0 Å². The SMILES string of the molecule is C#C/N=C1/C=CC=C/C1=C(/C)S. The van der Waals surface area contributed by atoms with Crippen LogP contribution in [0.25, 0.3) is 0 Å². The van der Waals surface area contributed by atoms with Gasteiger partial charge in [0.1, 0.15) is 0 Å². The zero-order valence-electron chi connectivity index (χ0n) is 6.78. The number of nitrogens with zero attached hydrogens (tertiary/aromatic N) is 1. The van der Waals surface area contributed by atoms with Crippen LogP contribution in [0, 0.1) is 12.5 Å². The Balaban J connectivity index is 3.12. The fourth-order valence-electron chi connectivity index (χ4n) is 0.947. The Morgan fingerprint density at radius 1 is 1.50 bits per heavy atom. The predicted molar refractivity (Wildman–Crippen MR) is 56.2 cm³/mol. The molecular weight excluding hydrogens is 166 g/mol. The second-order valence-electron chi connectivity index (χ2n) is 2.34. The van der Waals surface area contributed by atoms with Crippen LogP contribution in [0.4, 0.5) is 0 Å². The van der Waals surface area contributed by atoms with Crippen molar-refractivity contribution < 1.29 is 0 Å². The Morgan fingerprint density at radius 3 is 2.75 bits per heavy atom. The summed E-state index contributed by atoms with van der Waals surface area (Å²) in [7, 11) is 0. The molecule has 0 unspecified atom stereocenters. The van der Waals surface area contributed by atoms with Crippen LogP contribution >= 0.6 is 12.6 Å². The molecule has 0 aromatic rings. The van der Waals surface area contributed by atoms with E-state index in [-0.39, 0.29) is 0 Å². The molecule has 0 aromatic carbocycles. The maximum absolute atomic E-state index is 5.08. The number of hydrogen-bond donors (Lipinski definition) is 1. The number of rotatable bonds is 0. The van der Waals surface area contributed by atoms with E-state index in [0.29, 0.717) is 0 Å². The summed E-state index contributed by atoms with van der Waals surface area (Å²) in [5.74, 6) is 0. The van der Waals surface area contributed by atoms with Crippen LogP contribution in [0.5, 0.6) is 0 Å². The molecule has 0 N–H and O–H groups in total. The van der Waals surface area contributed by atoms with Gasteiger partial charge in [-0.15, -0.1) is 12.6 Å². The minimum atomic E-state index is 0.799. The van der Waals surface area contributed by atoms with Crippen molar-refractivity contribution >= 4 is 18.3 Å². The number of aliphatic imine (C=N–C) groups is 1. The Bertz CT molecular complexity index is 333. The Kier molecular flexibility index (Phi) is 2.95. The van der Waals surface area contributed by atoms with Gasteiger partial charge in [-0.1, -0.05) is 24.7 Å². The lowest BCUT2D eigenvalue weighted by Crippen LogP contribution is -2.00. The predicted octanol–water partition coefficient (Wildman–Crippen LogP) is 2.35. The van der Waals surface area contributed by atoms with Crippen molar-refractivity contribution in [2.24, 2.45) is 4.99 Å². The average Bonchev–Trinajstić information content (AvgIpc) is 2.05. The van der Waals surface area contributed by atoms with Crippen LogP contribution < -0.4 is 0 Å². The molecule has 1 rings (SSSR count). The zero-order chi connectivity index (χ0) is 8.97. The summed E-state index contributed by atoms with van der Waals surface area (Å²) >= 11 is 4.24. The molecule has 1 aliphatic rings. The molecular formula is C10H9NS. The third-order valence-corrected chi connectivity index (χ3v) is 1.72. The molecule has 0 aromatic heterocycles. The standard InChI is InChI=1S/C10H9NS/c1-3-11-10-7-5-4-6-9(10)8(2)12/h1,4-7,12H,2H3/b9-8+,11-10-. The Hall–Kier alpha value is -1.20. The molecule has 0 fully saturated rings. The lowest BCUT2D eigenvalue weighted by atomic mass is 10.1. The zero-order valence-corrected chi connectivity index (χ0v) is 7.68. The Labute approximate surface area is 78.0 Å². The van der Waals surface area contributed by atoms with Gasteiger partial charge in [0.2, 0.25) is 0 Å². The van der Waals surface area contributed by atoms with Gasteiger partial charge in [0.05, 0.1) is 5.71 Å². The van der Waals surface area contributed by atoms with Gasteiger partial charge < -0.3 is 0 Å². The molecule has 1 nitrogen and oxygen atoms in total. The monoisotopic (exact) mass is 175 g/mol. The van der Waals surface area contributed by atoms with Crippen molar-refractivity contribution in [3.8, 4) is 12.5 Å². The third kappa shape index (κ3) is 1.90. The maximum atomic E-state index is 5.08. The molecule has 0 aliphatic heterocycles. The van der Waals surface area contributed by atoms with Crippen LogP contribution in [0.1, 0.15) is 6.92 Å². The van der Waals surface area contributed by atoms with E-state index in [1.54, 1.807) is 0 Å². The highest BCUT2D eigenvalue weighted by Crippen LogP contribution is 2.15. The second-order valence-corrected chi connectivity index (χ2v) is 3.01. The summed E-state index contributed by atoms with van der Waals surface area (Å²) in [5.41, 5.74) is 1.78. The van der Waals surface area contributed by atoms with Gasteiger partial charge in [-0.25, -0.2) is 0 Å². The summed E-state index contributed by atoms with van der Waals surface area (Å²) in [6.07, 6.45) is 12.7. The summed E-state index contributed by atoms with van der Waals surface area (Å²) in [5, 5.41) is 0. The fourth-order valence-corrected chi connectivity index (χ4v) is 1.14. The molecule has 0 saturated heterocycles. The van der Waals surface area contributed by atoms with Crippen molar-refractivity contribution in [2.45, 2.75) is 6.92 Å². The van der Waals surface area contributed by atoms with E-state index in [1.165, 1.54) is 0 Å². The largest absolute Gasteiger partial charge is 0.198 e. The molecule has 1 aliphatic carbocycles. The van der Waals surface area contributed by atoms with E-state index in [2.05, 4.69) is 23.7 Å². The van der Waals surface area contributed by atoms with E-state index in [4.69, 9.17) is 6.42 Å². The normalized spacial score (nSPS) is 22.6. The molecule has 0 bridgehead atoms. The molecule has 0 saturated carbocycles. The molecule has 0 heterocycles. The van der Waals surface area contributed by atoms with E-state index >= 15 is 0 Å². The van der Waals surface area contributed by atoms with Crippen molar-refractivity contribution in [1.82, 2.24) is 0 Å². The lowest BCUT2D eigenvalue weighted by Gasteiger charge is -2.05. The van der Waals surface area contributed by atoms with Crippen molar-refractivity contribution in [3.05, 3.63) is 34.8 Å². The Morgan fingerprint density at radius 2 is 2.17 bits per heavy atom. The van der Waals surface area contributed by atoms with E-state index < -0.39 is 0 Å². The summed E-state index contributed by atoms with van der Waals surface area (Å²) in [6.45, 7) is 1.91. The van der Waals surface area contributed by atoms with Gasteiger partial charge in [-0.3, -0.25) is 0 Å². The van der Waals surface area contributed by atoms with Crippen LogP contribution in [0.3, 0.4) is 0 Å². The number of allylic oxidation sites excluding steroid dienone is 6. The first kappa shape index (κ1) is 8.89. The summed E-state index contributed by atoms with van der Waals surface area (Å²) in [6, 6.07) is 2.26. The van der Waals surface area contributed by atoms with Gasteiger partial charge in [-0.2, -0.15) is 4.99 Å². The van der Waals surface area contributed by atoms with Crippen molar-refractivity contribution in [3.63, 3.8) is 0 Å². The quantitative estimate of drug-likeness (QED) is 0.428. The summed E-state index contributed by atoms with van der Waals surface area (Å²) in [4.78, 5) is 4.81. The van der Waals surface area contributed by atoms with Gasteiger partial charge in [-0.05, 0) is 17.9 Å². The summed E-state index contributed by atoms with van der Waals surface area (Å²) < 4.78 is 0. The van der Waals surface area contributed by atoms with E-state index in [9.17, 15) is 0 Å². The van der Waals surface area contributed by atoms with E-state index in [0.717, 1.165) is 16.2 Å². The van der Waals surface area contributed by atoms with Crippen LogP contribution in [0.15, 0.2) is 39.8 Å². The lowest BCUT2D eigenvalue weighted by molar-refractivity contribution is 1.55. The number of terminal acetylenes is 1. The smallest absolute Gasteiger partial charge is 0.0817 e. The molecule has 0 amide bonds. The van der Waals surface area contributed by atoms with Crippen molar-refractivity contribution in [1.29, 1.82) is 0 Å². The highest BCUT2D eigenvalue weighted by molar-refractivity contribution is 7.84. The topological polar surface area (TPSA) is 12.4 Å². The van der Waals surface area contributed by atoms with Gasteiger partial charge in [0.25, 0.3) is 0 Å². The molecule has 0 radical (unpaired) electrons. The number of hydrogen-bond acceptors (Lipinski definition) is 2. The fraction of sp³-hybridized carbons (Fsp3) is 0.100. The van der Waals surface area contributed by atoms with E-state index in [1.807, 2.05) is 31.2 Å². The average molecular weight is 175 g/mol. The first-order valence-corrected chi connectivity index (χ1v) is 3.98. The molecule has 60 valence electrons. The van der Waals surface area contributed by atoms with Gasteiger partial charge in [0, 0.05) is 11.6 Å². The first-order valence-electron chi connectivity index (χ1n) is 3.54. The molecule has 2 heteroatoms. The van der Waals surface area contributed by atoms with Crippen LogP contribution in [0.2, 0.25) is 0 Å². The minimum Gasteiger partial charge on any atom is -0.198 e.